The molecule has 1 atom stereocenters. The fourth-order valence-corrected chi connectivity index (χ4v) is 4.59. The highest BCUT2D eigenvalue weighted by Crippen LogP contribution is 2.27. The molecule has 0 spiro atoms. The summed E-state index contributed by atoms with van der Waals surface area (Å²) < 4.78 is 5.40. The Morgan fingerprint density at radius 3 is 2.45 bits per heavy atom. The molecular weight excluding hydrogens is 522 g/mol. The molecule has 202 valence electrons. The third-order valence-electron chi connectivity index (χ3n) is 6.34. The highest BCUT2D eigenvalue weighted by molar-refractivity contribution is 7.12. The summed E-state index contributed by atoms with van der Waals surface area (Å²) in [6.07, 6.45) is 1.20. The summed E-state index contributed by atoms with van der Waals surface area (Å²) in [5, 5.41) is 8.22. The Morgan fingerprint density at radius 2 is 1.82 bits per heavy atom. The second-order valence-corrected chi connectivity index (χ2v) is 10.9. The molecule has 0 aliphatic carbocycles. The van der Waals surface area contributed by atoms with Crippen LogP contribution < -0.4 is 15.4 Å². The molecule has 0 aliphatic rings. The lowest BCUT2D eigenvalue weighted by molar-refractivity contribution is -0.140. The first-order valence-corrected chi connectivity index (χ1v) is 13.7. The molecule has 7 nitrogen and oxygen atoms in total. The van der Waals surface area contributed by atoms with Crippen molar-refractivity contribution < 1.29 is 19.1 Å². The lowest BCUT2D eigenvalue weighted by Crippen LogP contribution is -2.52. The smallest absolute Gasteiger partial charge is 0.261 e. The van der Waals surface area contributed by atoms with E-state index in [0.717, 1.165) is 5.56 Å². The molecule has 0 saturated carbocycles. The second kappa shape index (κ2) is 13.4. The number of methoxy groups -OCH3 is 1. The fraction of sp³-hybridized carbons (Fsp3) is 0.345. The number of carbonyl (C=O) groups excluding carboxylic acids is 3. The molecule has 0 fully saturated rings. The second-order valence-electron chi connectivity index (χ2n) is 9.53. The molecule has 3 aromatic rings. The van der Waals surface area contributed by atoms with E-state index in [4.69, 9.17) is 16.3 Å². The average molecular weight is 556 g/mol. The van der Waals surface area contributed by atoms with Crippen molar-refractivity contribution in [2.24, 2.45) is 0 Å². The van der Waals surface area contributed by atoms with Gasteiger partial charge in [0.15, 0.2) is 0 Å². The van der Waals surface area contributed by atoms with Gasteiger partial charge in [0.2, 0.25) is 11.8 Å². The third-order valence-corrected chi connectivity index (χ3v) is 7.46. The molecule has 38 heavy (non-hydrogen) atoms. The molecule has 3 amide bonds. The van der Waals surface area contributed by atoms with E-state index >= 15 is 0 Å². The molecule has 1 heterocycles. The number of thiophene rings is 1. The monoisotopic (exact) mass is 555 g/mol. The van der Waals surface area contributed by atoms with Gasteiger partial charge in [0.05, 0.1) is 18.5 Å². The van der Waals surface area contributed by atoms with Crippen molar-refractivity contribution >= 4 is 40.7 Å². The highest BCUT2D eigenvalue weighted by Gasteiger charge is 2.34. The van der Waals surface area contributed by atoms with E-state index in [0.29, 0.717) is 34.1 Å². The van der Waals surface area contributed by atoms with Crippen molar-refractivity contribution in [3.05, 3.63) is 87.1 Å². The Morgan fingerprint density at radius 1 is 1.08 bits per heavy atom. The summed E-state index contributed by atoms with van der Waals surface area (Å²) in [7, 11) is 1.55. The Kier molecular flexibility index (Phi) is 10.3. The molecule has 0 bridgehead atoms. The summed E-state index contributed by atoms with van der Waals surface area (Å²) in [6.45, 7) is 5.87. The van der Waals surface area contributed by atoms with Crippen LogP contribution in [0.25, 0.3) is 0 Å². The SMILES string of the molecule is CCC(C)(C)NC(=O)[C@H](c1cccc(OC)c1)N(CCc1ccc(Cl)cc1)C(=O)CNC(=O)c1cccs1. The minimum Gasteiger partial charge on any atom is -0.497 e. The Labute approximate surface area is 233 Å². The van der Waals surface area contributed by atoms with Crippen LogP contribution in [-0.2, 0) is 16.0 Å². The first kappa shape index (κ1) is 29.2. The van der Waals surface area contributed by atoms with E-state index in [1.165, 1.54) is 16.2 Å². The Bertz CT molecular complexity index is 1230. The lowest BCUT2D eigenvalue weighted by Gasteiger charge is -2.35. The van der Waals surface area contributed by atoms with Crippen LogP contribution in [0.1, 0.15) is 54.0 Å². The van der Waals surface area contributed by atoms with Gasteiger partial charge in [-0.15, -0.1) is 11.3 Å². The van der Waals surface area contributed by atoms with Crippen molar-refractivity contribution in [2.45, 2.75) is 45.2 Å². The molecule has 0 saturated heterocycles. The maximum atomic E-state index is 13.8. The number of hydrogen-bond donors (Lipinski definition) is 2. The number of rotatable bonds is 12. The quantitative estimate of drug-likeness (QED) is 0.319. The number of nitrogens with one attached hydrogen (secondary N) is 2. The van der Waals surface area contributed by atoms with Gasteiger partial charge in [-0.25, -0.2) is 0 Å². The normalized spacial score (nSPS) is 11.9. The predicted octanol–water partition coefficient (Wildman–Crippen LogP) is 5.26. The predicted molar refractivity (Wildman–Crippen MR) is 152 cm³/mol. The molecular formula is C29H34ClN3O4S. The van der Waals surface area contributed by atoms with Gasteiger partial charge >= 0.3 is 0 Å². The molecule has 0 radical (unpaired) electrons. The number of ether oxygens (including phenoxy) is 1. The van der Waals surface area contributed by atoms with Crippen LogP contribution in [0.15, 0.2) is 66.0 Å². The first-order chi connectivity index (χ1) is 18.1. The molecule has 3 rings (SSSR count). The molecule has 2 aromatic carbocycles. The van der Waals surface area contributed by atoms with Crippen molar-refractivity contribution in [1.29, 1.82) is 0 Å². The van der Waals surface area contributed by atoms with E-state index in [-0.39, 0.29) is 30.8 Å². The molecule has 0 aliphatic heterocycles. The first-order valence-electron chi connectivity index (χ1n) is 12.4. The Hall–Kier alpha value is -3.36. The fourth-order valence-electron chi connectivity index (χ4n) is 3.83. The van der Waals surface area contributed by atoms with Crippen molar-refractivity contribution in [2.75, 3.05) is 20.2 Å². The number of benzene rings is 2. The minimum absolute atomic E-state index is 0.247. The number of amides is 3. The van der Waals surface area contributed by atoms with Crippen LogP contribution in [0.3, 0.4) is 0 Å². The summed E-state index contributed by atoms with van der Waals surface area (Å²) in [4.78, 5) is 42.1. The lowest BCUT2D eigenvalue weighted by atomic mass is 9.98. The zero-order valence-corrected chi connectivity index (χ0v) is 23.7. The minimum atomic E-state index is -0.936. The van der Waals surface area contributed by atoms with E-state index in [1.54, 1.807) is 61.0 Å². The van der Waals surface area contributed by atoms with Crippen molar-refractivity contribution in [3.63, 3.8) is 0 Å². The highest BCUT2D eigenvalue weighted by atomic mass is 35.5. The van der Waals surface area contributed by atoms with Crippen molar-refractivity contribution in [1.82, 2.24) is 15.5 Å². The topological polar surface area (TPSA) is 87.7 Å². The summed E-state index contributed by atoms with van der Waals surface area (Å²) in [5.41, 5.74) is 1.10. The Balaban J connectivity index is 1.95. The maximum Gasteiger partial charge on any atom is 0.261 e. The largest absolute Gasteiger partial charge is 0.497 e. The number of hydrogen-bond acceptors (Lipinski definition) is 5. The zero-order valence-electron chi connectivity index (χ0n) is 22.1. The molecule has 0 unspecified atom stereocenters. The van der Waals surface area contributed by atoms with Gasteiger partial charge in [0.1, 0.15) is 11.8 Å². The number of carbonyl (C=O) groups is 3. The third kappa shape index (κ3) is 8.07. The van der Waals surface area contributed by atoms with Crippen LogP contribution in [-0.4, -0.2) is 48.4 Å². The van der Waals surface area contributed by atoms with Crippen LogP contribution in [0.5, 0.6) is 5.75 Å². The molecule has 9 heteroatoms. The van der Waals surface area contributed by atoms with Gasteiger partial charge in [-0.05, 0) is 73.5 Å². The van der Waals surface area contributed by atoms with E-state index in [2.05, 4.69) is 10.6 Å². The van der Waals surface area contributed by atoms with Gasteiger partial charge in [-0.2, -0.15) is 0 Å². The number of halogens is 1. The maximum absolute atomic E-state index is 13.8. The summed E-state index contributed by atoms with van der Waals surface area (Å²) in [5.74, 6) is -0.438. The van der Waals surface area contributed by atoms with E-state index < -0.39 is 11.6 Å². The van der Waals surface area contributed by atoms with Gasteiger partial charge < -0.3 is 20.3 Å². The van der Waals surface area contributed by atoms with Crippen molar-refractivity contribution in [3.8, 4) is 5.75 Å². The van der Waals surface area contributed by atoms with Gasteiger partial charge in [0, 0.05) is 17.1 Å². The summed E-state index contributed by atoms with van der Waals surface area (Å²) >= 11 is 7.34. The van der Waals surface area contributed by atoms with Gasteiger partial charge in [-0.3, -0.25) is 14.4 Å². The molecule has 1 aromatic heterocycles. The number of nitrogens with zero attached hydrogens (tertiary/aromatic N) is 1. The van der Waals surface area contributed by atoms with E-state index in [1.807, 2.05) is 32.9 Å². The standard InChI is InChI=1S/C29H34ClN3O4S/c1-5-29(2,3)32-28(36)26(21-8-6-9-23(18-21)37-4)33(16-15-20-11-13-22(30)14-12-20)25(34)19-31-27(35)24-10-7-17-38-24/h6-14,17-18,26H,5,15-16,19H2,1-4H3,(H,31,35)(H,32,36)/t26-/m0/s1. The molecule has 2 N–H and O–H groups in total. The van der Waals surface area contributed by atoms with Crippen LogP contribution in [0.4, 0.5) is 0 Å². The average Bonchev–Trinajstić information content (AvgIpc) is 3.45. The summed E-state index contributed by atoms with van der Waals surface area (Å²) in [6, 6.07) is 17.1. The van der Waals surface area contributed by atoms with Crippen LogP contribution in [0, 0.1) is 0 Å². The van der Waals surface area contributed by atoms with Crippen LogP contribution >= 0.6 is 22.9 Å². The van der Waals surface area contributed by atoms with Gasteiger partial charge in [0.25, 0.3) is 5.91 Å². The zero-order chi connectivity index (χ0) is 27.7. The van der Waals surface area contributed by atoms with E-state index in [9.17, 15) is 14.4 Å². The van der Waals surface area contributed by atoms with Gasteiger partial charge in [-0.1, -0.05) is 48.9 Å². The van der Waals surface area contributed by atoms with Crippen LogP contribution in [0.2, 0.25) is 5.02 Å².